The van der Waals surface area contributed by atoms with Crippen molar-refractivity contribution in [3.63, 3.8) is 0 Å². The molecule has 0 amide bonds. The van der Waals surface area contributed by atoms with Crippen LogP contribution in [0.2, 0.25) is 0 Å². The zero-order valence-corrected chi connectivity index (χ0v) is 11.6. The Labute approximate surface area is 119 Å². The number of ether oxygens (including phenoxy) is 1. The Morgan fingerprint density at radius 1 is 1.45 bits per heavy atom. The van der Waals surface area contributed by atoms with Gasteiger partial charge in [0.15, 0.2) is 0 Å². The lowest BCUT2D eigenvalue weighted by molar-refractivity contribution is 0.0443. The highest BCUT2D eigenvalue weighted by molar-refractivity contribution is 5.73. The number of guanidine groups is 1. The molecule has 0 aliphatic carbocycles. The van der Waals surface area contributed by atoms with Crippen LogP contribution in [0.3, 0.4) is 0 Å². The summed E-state index contributed by atoms with van der Waals surface area (Å²) < 4.78 is 6.00. The lowest BCUT2D eigenvalue weighted by atomic mass is 9.99. The van der Waals surface area contributed by atoms with Gasteiger partial charge in [-0.3, -0.25) is 10.8 Å². The third-order valence-electron chi connectivity index (χ3n) is 3.44. The van der Waals surface area contributed by atoms with E-state index in [1.807, 2.05) is 41.4 Å². The molecule has 1 fully saturated rings. The first-order chi connectivity index (χ1) is 9.70. The Morgan fingerprint density at radius 3 is 2.85 bits per heavy atom. The molecule has 108 valence electrons. The standard InChI is InChI=1S/C15H22N4O/c1-2-14(20-12-8-4-3-5-9-12)13-10-6-7-11-19(13)18-15(16)17/h2-5,8-9,13-14H,1,6-7,10-11H2,(H4,16,17,18). The zero-order chi connectivity index (χ0) is 14.4. The zero-order valence-electron chi connectivity index (χ0n) is 11.6. The van der Waals surface area contributed by atoms with E-state index < -0.39 is 0 Å². The SMILES string of the molecule is C=CC(Oc1ccccc1)C1CCCCN1NC(=N)N. The Morgan fingerprint density at radius 2 is 2.20 bits per heavy atom. The van der Waals surface area contributed by atoms with Gasteiger partial charge in [0.25, 0.3) is 0 Å². The highest BCUT2D eigenvalue weighted by Gasteiger charge is 2.30. The Balaban J connectivity index is 2.07. The van der Waals surface area contributed by atoms with Crippen molar-refractivity contribution in [2.24, 2.45) is 5.73 Å². The maximum absolute atomic E-state index is 7.40. The molecule has 1 aromatic rings. The molecule has 2 unspecified atom stereocenters. The van der Waals surface area contributed by atoms with E-state index in [-0.39, 0.29) is 18.1 Å². The first-order valence-corrected chi connectivity index (χ1v) is 6.92. The summed E-state index contributed by atoms with van der Waals surface area (Å²) in [6.45, 7) is 4.74. The molecule has 1 aromatic carbocycles. The van der Waals surface area contributed by atoms with Gasteiger partial charge < -0.3 is 10.5 Å². The highest BCUT2D eigenvalue weighted by atomic mass is 16.5. The number of nitrogens with one attached hydrogen (secondary N) is 2. The lowest BCUT2D eigenvalue weighted by Crippen LogP contribution is -2.57. The van der Waals surface area contributed by atoms with Crippen molar-refractivity contribution < 1.29 is 4.74 Å². The van der Waals surface area contributed by atoms with Crippen LogP contribution in [0.5, 0.6) is 5.75 Å². The van der Waals surface area contributed by atoms with Gasteiger partial charge in [0.1, 0.15) is 11.9 Å². The fourth-order valence-electron chi connectivity index (χ4n) is 2.53. The van der Waals surface area contributed by atoms with Gasteiger partial charge >= 0.3 is 0 Å². The molecular weight excluding hydrogens is 252 g/mol. The Kier molecular flexibility index (Phi) is 5.01. The van der Waals surface area contributed by atoms with E-state index in [1.54, 1.807) is 0 Å². The average Bonchev–Trinajstić information content (AvgIpc) is 2.46. The minimum absolute atomic E-state index is 0.0422. The quantitative estimate of drug-likeness (QED) is 0.435. The van der Waals surface area contributed by atoms with Crippen LogP contribution < -0.4 is 15.9 Å². The van der Waals surface area contributed by atoms with Gasteiger partial charge in [-0.25, -0.2) is 5.01 Å². The van der Waals surface area contributed by atoms with Crippen molar-refractivity contribution in [2.45, 2.75) is 31.4 Å². The molecule has 0 spiro atoms. The minimum Gasteiger partial charge on any atom is -0.485 e. The number of piperidine rings is 1. The summed E-state index contributed by atoms with van der Waals surface area (Å²) in [5.41, 5.74) is 8.34. The number of benzene rings is 1. The molecule has 1 aliphatic rings. The summed E-state index contributed by atoms with van der Waals surface area (Å²) >= 11 is 0. The number of hydrogen-bond acceptors (Lipinski definition) is 3. The van der Waals surface area contributed by atoms with Crippen molar-refractivity contribution in [2.75, 3.05) is 6.54 Å². The summed E-state index contributed by atoms with van der Waals surface area (Å²) in [6.07, 6.45) is 4.90. The number of nitrogens with zero attached hydrogens (tertiary/aromatic N) is 1. The molecule has 4 N–H and O–H groups in total. The van der Waals surface area contributed by atoms with Gasteiger partial charge in [0.2, 0.25) is 5.96 Å². The van der Waals surface area contributed by atoms with Crippen molar-refractivity contribution in [3.8, 4) is 5.75 Å². The summed E-state index contributed by atoms with van der Waals surface area (Å²) in [7, 11) is 0. The molecule has 1 aliphatic heterocycles. The first kappa shape index (κ1) is 14.4. The minimum atomic E-state index is -0.135. The van der Waals surface area contributed by atoms with Gasteiger partial charge in [-0.15, -0.1) is 0 Å². The van der Waals surface area contributed by atoms with E-state index in [1.165, 1.54) is 0 Å². The van der Waals surface area contributed by atoms with E-state index in [0.29, 0.717) is 0 Å². The topological polar surface area (TPSA) is 74.4 Å². The smallest absolute Gasteiger partial charge is 0.200 e. The molecule has 0 bridgehead atoms. The number of nitrogens with two attached hydrogens (primary N) is 1. The van der Waals surface area contributed by atoms with Gasteiger partial charge in [-0.05, 0) is 31.1 Å². The number of hydrazine groups is 1. The second-order valence-electron chi connectivity index (χ2n) is 4.91. The average molecular weight is 274 g/mol. The Bertz CT molecular complexity index is 448. The third kappa shape index (κ3) is 3.74. The van der Waals surface area contributed by atoms with Crippen LogP contribution in [0.1, 0.15) is 19.3 Å². The van der Waals surface area contributed by atoms with Crippen LogP contribution in [-0.4, -0.2) is 29.7 Å². The van der Waals surface area contributed by atoms with E-state index in [9.17, 15) is 0 Å². The van der Waals surface area contributed by atoms with Gasteiger partial charge in [0, 0.05) is 6.54 Å². The van der Waals surface area contributed by atoms with E-state index in [2.05, 4.69) is 12.0 Å². The molecule has 5 heteroatoms. The molecule has 1 saturated heterocycles. The van der Waals surface area contributed by atoms with Crippen molar-refractivity contribution in [1.29, 1.82) is 5.41 Å². The molecule has 0 saturated carbocycles. The van der Waals surface area contributed by atoms with Gasteiger partial charge in [-0.1, -0.05) is 31.2 Å². The monoisotopic (exact) mass is 274 g/mol. The highest BCUT2D eigenvalue weighted by Crippen LogP contribution is 2.22. The van der Waals surface area contributed by atoms with Crippen LogP contribution in [0.4, 0.5) is 0 Å². The molecule has 0 aromatic heterocycles. The second-order valence-corrected chi connectivity index (χ2v) is 4.91. The van der Waals surface area contributed by atoms with Gasteiger partial charge in [0.05, 0.1) is 6.04 Å². The maximum atomic E-state index is 7.40. The maximum Gasteiger partial charge on any atom is 0.200 e. The number of hydrogen-bond donors (Lipinski definition) is 3. The first-order valence-electron chi connectivity index (χ1n) is 6.92. The predicted octanol–water partition coefficient (Wildman–Crippen LogP) is 1.87. The fourth-order valence-corrected chi connectivity index (χ4v) is 2.53. The van der Waals surface area contributed by atoms with E-state index in [4.69, 9.17) is 15.9 Å². The summed E-state index contributed by atoms with van der Waals surface area (Å²) in [6, 6.07) is 9.85. The molecular formula is C15H22N4O. The van der Waals surface area contributed by atoms with Crippen molar-refractivity contribution in [1.82, 2.24) is 10.4 Å². The molecule has 2 atom stereocenters. The van der Waals surface area contributed by atoms with Crippen LogP contribution in [-0.2, 0) is 0 Å². The second kappa shape index (κ2) is 6.96. The summed E-state index contributed by atoms with van der Waals surface area (Å²) in [5, 5.41) is 9.39. The lowest BCUT2D eigenvalue weighted by Gasteiger charge is -2.39. The largest absolute Gasteiger partial charge is 0.485 e. The van der Waals surface area contributed by atoms with Gasteiger partial charge in [-0.2, -0.15) is 0 Å². The summed E-state index contributed by atoms with van der Waals surface area (Å²) in [5.74, 6) is 0.783. The molecule has 20 heavy (non-hydrogen) atoms. The third-order valence-corrected chi connectivity index (χ3v) is 3.44. The fraction of sp³-hybridized carbons (Fsp3) is 0.400. The van der Waals surface area contributed by atoms with Crippen LogP contribution in [0, 0.1) is 5.41 Å². The number of rotatable bonds is 5. The van der Waals surface area contributed by atoms with E-state index in [0.717, 1.165) is 31.6 Å². The normalized spacial score (nSPS) is 20.9. The van der Waals surface area contributed by atoms with Crippen molar-refractivity contribution >= 4 is 5.96 Å². The molecule has 0 radical (unpaired) electrons. The van der Waals surface area contributed by atoms with Crippen LogP contribution >= 0.6 is 0 Å². The van der Waals surface area contributed by atoms with E-state index >= 15 is 0 Å². The molecule has 2 rings (SSSR count). The van der Waals surface area contributed by atoms with Crippen LogP contribution in [0.25, 0.3) is 0 Å². The Hall–Kier alpha value is -2.01. The number of para-hydroxylation sites is 1. The van der Waals surface area contributed by atoms with Crippen LogP contribution in [0.15, 0.2) is 43.0 Å². The van der Waals surface area contributed by atoms with Crippen molar-refractivity contribution in [3.05, 3.63) is 43.0 Å². The molecule has 5 nitrogen and oxygen atoms in total. The predicted molar refractivity (Wildman–Crippen MR) is 80.4 cm³/mol. The molecule has 1 heterocycles. The summed E-state index contributed by atoms with van der Waals surface area (Å²) in [4.78, 5) is 0.